The van der Waals surface area contributed by atoms with Crippen LogP contribution in [0.2, 0.25) is 0 Å². The molecule has 0 aromatic heterocycles. The highest BCUT2D eigenvalue weighted by Crippen LogP contribution is 2.33. The van der Waals surface area contributed by atoms with Crippen LogP contribution in [-0.4, -0.2) is 59.5 Å². The van der Waals surface area contributed by atoms with E-state index in [4.69, 9.17) is 0 Å². The van der Waals surface area contributed by atoms with Gasteiger partial charge in [-0.05, 0) is 18.8 Å². The molecule has 2 rings (SSSR count). The Labute approximate surface area is 120 Å². The molecule has 0 spiro atoms. The van der Waals surface area contributed by atoms with Crippen LogP contribution < -0.4 is 0 Å². The Bertz CT molecular complexity index is 362. The fourth-order valence-electron chi connectivity index (χ4n) is 3.45. The van der Waals surface area contributed by atoms with E-state index in [1.54, 1.807) is 0 Å². The first-order valence-corrected chi connectivity index (χ1v) is 7.73. The van der Waals surface area contributed by atoms with Gasteiger partial charge in [-0.15, -0.1) is 0 Å². The smallest absolute Gasteiger partial charge is 0.307 e. The molecule has 1 saturated carbocycles. The van der Waals surface area contributed by atoms with Crippen molar-refractivity contribution in [1.82, 2.24) is 9.80 Å². The van der Waals surface area contributed by atoms with Crippen LogP contribution in [0.15, 0.2) is 0 Å². The lowest BCUT2D eigenvalue weighted by molar-refractivity contribution is -0.149. The summed E-state index contributed by atoms with van der Waals surface area (Å²) in [6.07, 6.45) is 2.25. The fourth-order valence-corrected chi connectivity index (χ4v) is 3.45. The lowest BCUT2D eigenvalue weighted by Gasteiger charge is -2.37. The molecule has 114 valence electrons. The van der Waals surface area contributed by atoms with Crippen LogP contribution in [0, 0.1) is 17.8 Å². The lowest BCUT2D eigenvalue weighted by atomic mass is 9.94. The van der Waals surface area contributed by atoms with Gasteiger partial charge in [0.2, 0.25) is 5.91 Å². The number of hydrogen-bond donors (Lipinski definition) is 1. The highest BCUT2D eigenvalue weighted by molar-refractivity contribution is 5.85. The number of amides is 1. The Morgan fingerprint density at radius 3 is 2.25 bits per heavy atom. The topological polar surface area (TPSA) is 60.9 Å². The molecule has 1 saturated heterocycles. The first-order chi connectivity index (χ1) is 9.49. The Kier molecular flexibility index (Phi) is 5.02. The van der Waals surface area contributed by atoms with E-state index in [-0.39, 0.29) is 11.8 Å². The maximum absolute atomic E-state index is 12.5. The van der Waals surface area contributed by atoms with Gasteiger partial charge in [0.15, 0.2) is 0 Å². The average molecular weight is 282 g/mol. The number of piperazine rings is 1. The average Bonchev–Trinajstić information content (AvgIpc) is 2.87. The zero-order valence-electron chi connectivity index (χ0n) is 12.5. The van der Waals surface area contributed by atoms with E-state index in [1.165, 1.54) is 0 Å². The fraction of sp³-hybridized carbons (Fsp3) is 0.867. The minimum atomic E-state index is -0.806. The summed E-state index contributed by atoms with van der Waals surface area (Å²) in [6, 6.07) is 0. The van der Waals surface area contributed by atoms with Crippen LogP contribution >= 0.6 is 0 Å². The maximum atomic E-state index is 12.5. The molecule has 1 heterocycles. The molecule has 1 aliphatic heterocycles. The molecule has 1 N–H and O–H groups in total. The Balaban J connectivity index is 1.87. The van der Waals surface area contributed by atoms with Crippen molar-refractivity contribution in [3.8, 4) is 0 Å². The monoisotopic (exact) mass is 282 g/mol. The molecular weight excluding hydrogens is 256 g/mol. The van der Waals surface area contributed by atoms with Gasteiger partial charge < -0.3 is 10.0 Å². The van der Waals surface area contributed by atoms with E-state index in [0.29, 0.717) is 12.3 Å². The highest BCUT2D eigenvalue weighted by atomic mass is 16.4. The molecule has 0 radical (unpaired) electrons. The van der Waals surface area contributed by atoms with E-state index in [2.05, 4.69) is 18.7 Å². The molecule has 1 aliphatic carbocycles. The SMILES string of the molecule is CC(C)CN1CCN(C(=O)[C@@H]2CCC[C@@H]2C(=O)O)CC1. The largest absolute Gasteiger partial charge is 0.481 e. The first kappa shape index (κ1) is 15.3. The third-order valence-corrected chi connectivity index (χ3v) is 4.46. The molecule has 5 nitrogen and oxygen atoms in total. The number of carbonyl (C=O) groups is 2. The third-order valence-electron chi connectivity index (χ3n) is 4.46. The molecule has 0 bridgehead atoms. The molecule has 1 amide bonds. The van der Waals surface area contributed by atoms with E-state index >= 15 is 0 Å². The van der Waals surface area contributed by atoms with Crippen LogP contribution in [0.1, 0.15) is 33.1 Å². The summed E-state index contributed by atoms with van der Waals surface area (Å²) in [5, 5.41) is 9.19. The quantitative estimate of drug-likeness (QED) is 0.844. The molecule has 2 atom stereocenters. The number of rotatable bonds is 4. The Morgan fingerprint density at radius 1 is 1.10 bits per heavy atom. The zero-order chi connectivity index (χ0) is 14.7. The first-order valence-electron chi connectivity index (χ1n) is 7.73. The van der Waals surface area contributed by atoms with Crippen molar-refractivity contribution < 1.29 is 14.7 Å². The summed E-state index contributed by atoms with van der Waals surface area (Å²) >= 11 is 0. The molecule has 0 unspecified atom stereocenters. The van der Waals surface area contributed by atoms with E-state index in [1.807, 2.05) is 4.90 Å². The molecule has 2 fully saturated rings. The number of carboxylic acid groups (broad SMARTS) is 1. The van der Waals surface area contributed by atoms with Crippen molar-refractivity contribution in [2.75, 3.05) is 32.7 Å². The van der Waals surface area contributed by atoms with Gasteiger partial charge in [-0.25, -0.2) is 0 Å². The second kappa shape index (κ2) is 6.57. The number of aliphatic carboxylic acids is 1. The van der Waals surface area contributed by atoms with Crippen LogP contribution in [0.5, 0.6) is 0 Å². The predicted octanol–water partition coefficient (Wildman–Crippen LogP) is 1.29. The summed E-state index contributed by atoms with van der Waals surface area (Å²) in [6.45, 7) is 8.79. The summed E-state index contributed by atoms with van der Waals surface area (Å²) < 4.78 is 0. The van der Waals surface area contributed by atoms with Crippen molar-refractivity contribution >= 4 is 11.9 Å². The summed E-state index contributed by atoms with van der Waals surface area (Å²) in [5.41, 5.74) is 0. The second-order valence-corrected chi connectivity index (χ2v) is 6.50. The standard InChI is InChI=1S/C15H26N2O3/c1-11(2)10-16-6-8-17(9-7-16)14(18)12-4-3-5-13(12)15(19)20/h11-13H,3-10H2,1-2H3,(H,19,20)/t12-,13+/m1/s1. The highest BCUT2D eigenvalue weighted by Gasteiger charge is 2.40. The van der Waals surface area contributed by atoms with Gasteiger partial charge >= 0.3 is 5.97 Å². The van der Waals surface area contributed by atoms with Gasteiger partial charge in [0.05, 0.1) is 11.8 Å². The zero-order valence-corrected chi connectivity index (χ0v) is 12.5. The van der Waals surface area contributed by atoms with E-state index in [0.717, 1.165) is 45.6 Å². The van der Waals surface area contributed by atoms with Gasteiger partial charge in [-0.1, -0.05) is 20.3 Å². The van der Waals surface area contributed by atoms with E-state index < -0.39 is 11.9 Å². The second-order valence-electron chi connectivity index (χ2n) is 6.50. The number of carbonyl (C=O) groups excluding carboxylic acids is 1. The molecular formula is C15H26N2O3. The van der Waals surface area contributed by atoms with Crippen LogP contribution in [-0.2, 0) is 9.59 Å². The molecule has 5 heteroatoms. The Morgan fingerprint density at radius 2 is 1.70 bits per heavy atom. The van der Waals surface area contributed by atoms with Gasteiger partial charge in [0.1, 0.15) is 0 Å². The van der Waals surface area contributed by atoms with Crippen molar-refractivity contribution in [3.63, 3.8) is 0 Å². The molecule has 0 aromatic rings. The predicted molar refractivity (Wildman–Crippen MR) is 76.3 cm³/mol. The molecule has 2 aliphatic rings. The number of hydrogen-bond acceptors (Lipinski definition) is 3. The summed E-state index contributed by atoms with van der Waals surface area (Å²) in [5.74, 6) is -0.845. The third kappa shape index (κ3) is 3.51. The van der Waals surface area contributed by atoms with Crippen molar-refractivity contribution in [2.45, 2.75) is 33.1 Å². The number of carboxylic acids is 1. The minimum absolute atomic E-state index is 0.0686. The van der Waals surface area contributed by atoms with Crippen molar-refractivity contribution in [3.05, 3.63) is 0 Å². The van der Waals surface area contributed by atoms with Crippen molar-refractivity contribution in [1.29, 1.82) is 0 Å². The van der Waals surface area contributed by atoms with Crippen LogP contribution in [0.4, 0.5) is 0 Å². The lowest BCUT2D eigenvalue weighted by Crippen LogP contribution is -2.51. The van der Waals surface area contributed by atoms with Gasteiger partial charge in [-0.2, -0.15) is 0 Å². The maximum Gasteiger partial charge on any atom is 0.307 e. The molecule has 20 heavy (non-hydrogen) atoms. The van der Waals surface area contributed by atoms with Crippen molar-refractivity contribution in [2.24, 2.45) is 17.8 Å². The normalized spacial score (nSPS) is 28.1. The van der Waals surface area contributed by atoms with Gasteiger partial charge in [0.25, 0.3) is 0 Å². The van der Waals surface area contributed by atoms with Crippen LogP contribution in [0.3, 0.4) is 0 Å². The summed E-state index contributed by atoms with van der Waals surface area (Å²) in [7, 11) is 0. The minimum Gasteiger partial charge on any atom is -0.481 e. The number of nitrogens with zero attached hydrogens (tertiary/aromatic N) is 2. The Hall–Kier alpha value is -1.10. The van der Waals surface area contributed by atoms with Crippen LogP contribution in [0.25, 0.3) is 0 Å². The van der Waals surface area contributed by atoms with Gasteiger partial charge in [0, 0.05) is 32.7 Å². The van der Waals surface area contributed by atoms with Gasteiger partial charge in [-0.3, -0.25) is 14.5 Å². The molecule has 0 aromatic carbocycles. The summed E-state index contributed by atoms with van der Waals surface area (Å²) in [4.78, 5) is 27.9. The van der Waals surface area contributed by atoms with E-state index in [9.17, 15) is 14.7 Å².